The summed E-state index contributed by atoms with van der Waals surface area (Å²) < 4.78 is 18.9. The molecule has 17 heavy (non-hydrogen) atoms. The summed E-state index contributed by atoms with van der Waals surface area (Å²) in [7, 11) is 0. The molecular formula is C13H16FNO2. The minimum atomic E-state index is -0.371. The molecule has 0 N–H and O–H groups in total. The number of halogens is 1. The number of ether oxygens (including phenoxy) is 1. The lowest BCUT2D eigenvalue weighted by Crippen LogP contribution is -2.42. The first-order valence-electron chi connectivity index (χ1n) is 5.89. The molecule has 2 rings (SSSR count). The van der Waals surface area contributed by atoms with E-state index < -0.39 is 0 Å². The predicted molar refractivity (Wildman–Crippen MR) is 62.5 cm³/mol. The molecule has 1 fully saturated rings. The van der Waals surface area contributed by atoms with Crippen molar-refractivity contribution < 1.29 is 13.9 Å². The van der Waals surface area contributed by atoms with Gasteiger partial charge in [0.2, 0.25) is 5.91 Å². The van der Waals surface area contributed by atoms with Gasteiger partial charge in [0.05, 0.1) is 13.0 Å². The van der Waals surface area contributed by atoms with Crippen LogP contribution in [0.1, 0.15) is 18.9 Å². The van der Waals surface area contributed by atoms with Gasteiger partial charge in [-0.25, -0.2) is 4.39 Å². The summed E-state index contributed by atoms with van der Waals surface area (Å²) in [5.74, 6) is 0.134. The molecule has 0 unspecified atom stereocenters. The molecule has 0 aromatic heterocycles. The Morgan fingerprint density at radius 2 is 2.24 bits per heavy atom. The number of rotatable bonds is 4. The normalized spacial score (nSPS) is 14.4. The smallest absolute Gasteiger partial charge is 0.227 e. The van der Waals surface area contributed by atoms with Gasteiger partial charge in [0, 0.05) is 19.2 Å². The molecule has 1 amide bonds. The van der Waals surface area contributed by atoms with Crippen LogP contribution in [0.4, 0.5) is 4.39 Å². The average molecular weight is 237 g/mol. The first-order valence-corrected chi connectivity index (χ1v) is 5.89. The van der Waals surface area contributed by atoms with Gasteiger partial charge in [0.1, 0.15) is 11.6 Å². The molecule has 1 aromatic rings. The van der Waals surface area contributed by atoms with Crippen LogP contribution in [-0.4, -0.2) is 30.5 Å². The fraction of sp³-hybridized carbons (Fsp3) is 0.462. The van der Waals surface area contributed by atoms with E-state index in [-0.39, 0.29) is 18.1 Å². The lowest BCUT2D eigenvalue weighted by Gasteiger charge is -2.31. The number of nitrogens with zero attached hydrogens (tertiary/aromatic N) is 1. The Bertz CT molecular complexity index is 416. The van der Waals surface area contributed by atoms with E-state index in [1.54, 1.807) is 17.0 Å². The lowest BCUT2D eigenvalue weighted by molar-refractivity contribution is -0.133. The highest BCUT2D eigenvalue weighted by Crippen LogP contribution is 2.18. The van der Waals surface area contributed by atoms with Crippen molar-refractivity contribution in [3.05, 3.63) is 29.6 Å². The largest absolute Gasteiger partial charge is 0.494 e. The van der Waals surface area contributed by atoms with Crippen molar-refractivity contribution in [3.63, 3.8) is 0 Å². The van der Waals surface area contributed by atoms with E-state index in [1.807, 2.05) is 6.92 Å². The quantitative estimate of drug-likeness (QED) is 0.801. The average Bonchev–Trinajstić information content (AvgIpc) is 2.20. The molecule has 0 aliphatic carbocycles. The summed E-state index contributed by atoms with van der Waals surface area (Å²) in [5.41, 5.74) is 0.436. The minimum absolute atomic E-state index is 0.000639. The number of hydrogen-bond acceptors (Lipinski definition) is 2. The van der Waals surface area contributed by atoms with E-state index in [1.165, 1.54) is 6.07 Å². The van der Waals surface area contributed by atoms with Gasteiger partial charge in [-0.2, -0.15) is 0 Å². The van der Waals surface area contributed by atoms with E-state index in [0.29, 0.717) is 17.9 Å². The number of hydrogen-bond donors (Lipinski definition) is 0. The van der Waals surface area contributed by atoms with E-state index in [0.717, 1.165) is 19.5 Å². The Kier molecular flexibility index (Phi) is 3.61. The third-order valence-corrected chi connectivity index (χ3v) is 2.89. The highest BCUT2D eigenvalue weighted by molar-refractivity contribution is 5.79. The third-order valence-electron chi connectivity index (χ3n) is 2.89. The maximum absolute atomic E-state index is 13.7. The SMILES string of the molecule is CCOc1ccc(CC(=O)N2CCC2)c(F)c1. The summed E-state index contributed by atoms with van der Waals surface area (Å²) in [6.45, 7) is 3.96. The summed E-state index contributed by atoms with van der Waals surface area (Å²) in [5, 5.41) is 0. The predicted octanol–water partition coefficient (Wildman–Crippen LogP) is 2.00. The van der Waals surface area contributed by atoms with Crippen molar-refractivity contribution >= 4 is 5.91 Å². The van der Waals surface area contributed by atoms with Gasteiger partial charge in [-0.15, -0.1) is 0 Å². The number of amides is 1. The monoisotopic (exact) mass is 237 g/mol. The second-order valence-corrected chi connectivity index (χ2v) is 4.10. The Morgan fingerprint density at radius 1 is 1.47 bits per heavy atom. The van der Waals surface area contributed by atoms with Gasteiger partial charge in [-0.1, -0.05) is 6.07 Å². The molecule has 0 saturated carbocycles. The van der Waals surface area contributed by atoms with Gasteiger partial charge in [0.25, 0.3) is 0 Å². The molecule has 1 aliphatic heterocycles. The molecule has 0 atom stereocenters. The fourth-order valence-corrected chi connectivity index (χ4v) is 1.77. The van der Waals surface area contributed by atoms with Gasteiger partial charge in [-0.3, -0.25) is 4.79 Å². The third kappa shape index (κ3) is 2.75. The first kappa shape index (κ1) is 11.9. The zero-order valence-corrected chi connectivity index (χ0v) is 9.91. The van der Waals surface area contributed by atoms with Crippen molar-refractivity contribution in [1.29, 1.82) is 0 Å². The van der Waals surface area contributed by atoms with E-state index >= 15 is 0 Å². The number of carbonyl (C=O) groups is 1. The van der Waals surface area contributed by atoms with Gasteiger partial charge >= 0.3 is 0 Å². The second kappa shape index (κ2) is 5.17. The van der Waals surface area contributed by atoms with E-state index in [4.69, 9.17) is 4.74 Å². The van der Waals surface area contributed by atoms with Crippen molar-refractivity contribution in [2.24, 2.45) is 0 Å². The van der Waals surface area contributed by atoms with Crippen LogP contribution < -0.4 is 4.74 Å². The number of benzene rings is 1. The maximum atomic E-state index is 13.7. The fourth-order valence-electron chi connectivity index (χ4n) is 1.77. The topological polar surface area (TPSA) is 29.5 Å². The Labute approximate surface area is 100 Å². The molecule has 0 spiro atoms. The van der Waals surface area contributed by atoms with E-state index in [2.05, 4.69) is 0 Å². The van der Waals surface area contributed by atoms with Crippen LogP contribution in [-0.2, 0) is 11.2 Å². The van der Waals surface area contributed by atoms with Crippen molar-refractivity contribution in [3.8, 4) is 5.75 Å². The summed E-state index contributed by atoms with van der Waals surface area (Å²) in [4.78, 5) is 13.4. The molecule has 0 radical (unpaired) electrons. The second-order valence-electron chi connectivity index (χ2n) is 4.10. The van der Waals surface area contributed by atoms with Crippen LogP contribution in [0.3, 0.4) is 0 Å². The molecule has 1 saturated heterocycles. The Balaban J connectivity index is 2.02. The lowest BCUT2D eigenvalue weighted by atomic mass is 10.1. The Hall–Kier alpha value is -1.58. The van der Waals surface area contributed by atoms with Crippen molar-refractivity contribution in [2.45, 2.75) is 19.8 Å². The van der Waals surface area contributed by atoms with E-state index in [9.17, 15) is 9.18 Å². The zero-order chi connectivity index (χ0) is 12.3. The van der Waals surface area contributed by atoms with Crippen molar-refractivity contribution in [1.82, 2.24) is 4.90 Å². The molecule has 92 valence electrons. The molecule has 1 aliphatic rings. The maximum Gasteiger partial charge on any atom is 0.227 e. The highest BCUT2D eigenvalue weighted by Gasteiger charge is 2.21. The molecule has 1 aromatic carbocycles. The first-order chi connectivity index (χ1) is 8.20. The summed E-state index contributed by atoms with van der Waals surface area (Å²) in [6, 6.07) is 4.66. The Morgan fingerprint density at radius 3 is 2.76 bits per heavy atom. The zero-order valence-electron chi connectivity index (χ0n) is 9.91. The molecule has 3 nitrogen and oxygen atoms in total. The van der Waals surface area contributed by atoms with Crippen LogP contribution in [0.15, 0.2) is 18.2 Å². The summed E-state index contributed by atoms with van der Waals surface area (Å²) >= 11 is 0. The molecule has 4 heteroatoms. The van der Waals surface area contributed by atoms with Gasteiger partial charge in [-0.05, 0) is 25.0 Å². The number of carbonyl (C=O) groups excluding carboxylic acids is 1. The highest BCUT2D eigenvalue weighted by atomic mass is 19.1. The van der Waals surface area contributed by atoms with Crippen LogP contribution >= 0.6 is 0 Å². The molecule has 1 heterocycles. The van der Waals surface area contributed by atoms with Crippen LogP contribution in [0.2, 0.25) is 0 Å². The molecular weight excluding hydrogens is 221 g/mol. The van der Waals surface area contributed by atoms with Gasteiger partial charge in [0.15, 0.2) is 0 Å². The minimum Gasteiger partial charge on any atom is -0.494 e. The molecule has 0 bridgehead atoms. The summed E-state index contributed by atoms with van der Waals surface area (Å²) in [6.07, 6.45) is 1.19. The van der Waals surface area contributed by atoms with Crippen LogP contribution in [0, 0.1) is 5.82 Å². The van der Waals surface area contributed by atoms with Gasteiger partial charge < -0.3 is 9.64 Å². The standard InChI is InChI=1S/C13H16FNO2/c1-2-17-11-5-4-10(12(14)9-11)8-13(16)15-6-3-7-15/h4-5,9H,2-3,6-8H2,1H3. The number of likely N-dealkylation sites (tertiary alicyclic amines) is 1. The van der Waals surface area contributed by atoms with Crippen molar-refractivity contribution in [2.75, 3.05) is 19.7 Å². The van der Waals surface area contributed by atoms with Crippen LogP contribution in [0.5, 0.6) is 5.75 Å². The van der Waals surface area contributed by atoms with Crippen LogP contribution in [0.25, 0.3) is 0 Å².